The number of nitrogens with zero attached hydrogens (tertiary/aromatic N) is 1. The lowest BCUT2D eigenvalue weighted by atomic mass is 9.79. The Labute approximate surface area is 146 Å². The molecule has 136 valence electrons. The zero-order chi connectivity index (χ0) is 18.4. The summed E-state index contributed by atoms with van der Waals surface area (Å²) >= 11 is 0. The third-order valence-electron chi connectivity index (χ3n) is 5.68. The quantitative estimate of drug-likeness (QED) is 0.432. The van der Waals surface area contributed by atoms with Crippen LogP contribution < -0.4 is 0 Å². The van der Waals surface area contributed by atoms with E-state index >= 15 is 0 Å². The molecule has 0 bridgehead atoms. The number of β-lactam (4-membered cyclic amide) rings is 1. The Hall–Kier alpha value is -1.14. The average molecular weight is 354 g/mol. The molecule has 0 aliphatic carbocycles. The highest BCUT2D eigenvalue weighted by molar-refractivity contribution is 6.74. The fourth-order valence-corrected chi connectivity index (χ4v) is 4.80. The molecule has 2 heterocycles. The van der Waals surface area contributed by atoms with Gasteiger partial charge in [0, 0.05) is 0 Å². The molecule has 0 spiro atoms. The zero-order valence-corrected chi connectivity index (χ0v) is 17.2. The van der Waals surface area contributed by atoms with Crippen LogP contribution in [-0.4, -0.2) is 43.8 Å². The molecule has 6 heteroatoms. The van der Waals surface area contributed by atoms with Gasteiger partial charge in [-0.2, -0.15) is 0 Å². The van der Waals surface area contributed by atoms with Gasteiger partial charge in [-0.3, -0.25) is 4.79 Å². The molecule has 0 unspecified atom stereocenters. The van der Waals surface area contributed by atoms with E-state index < -0.39 is 14.3 Å². The van der Waals surface area contributed by atoms with Gasteiger partial charge in [-0.1, -0.05) is 27.7 Å². The predicted octanol–water partition coefficient (Wildman–Crippen LogP) is 3.32. The highest BCUT2D eigenvalue weighted by Gasteiger charge is 2.58. The lowest BCUT2D eigenvalue weighted by Gasteiger charge is -2.50. The zero-order valence-electron chi connectivity index (χ0n) is 16.2. The van der Waals surface area contributed by atoms with Crippen molar-refractivity contribution >= 4 is 20.2 Å². The largest absolute Gasteiger partial charge is 0.461 e. The molecule has 24 heavy (non-hydrogen) atoms. The fourth-order valence-electron chi connectivity index (χ4n) is 3.37. The SMILES string of the molecule is CCOC(=O)C1=C[C@@H](C)[C@@H]2[C@@H]([C@@H](C)O[Si](C)(C)C(C)(C)C)C(=O)N12. The fraction of sp³-hybridized carbons (Fsp3) is 0.778. The lowest BCUT2D eigenvalue weighted by Crippen LogP contribution is -2.65. The van der Waals surface area contributed by atoms with Gasteiger partial charge in [0.1, 0.15) is 5.70 Å². The Balaban J connectivity index is 2.12. The molecule has 1 fully saturated rings. The molecule has 0 aromatic carbocycles. The van der Waals surface area contributed by atoms with Crippen LogP contribution in [0.2, 0.25) is 18.1 Å². The number of hydrogen-bond acceptors (Lipinski definition) is 4. The van der Waals surface area contributed by atoms with Gasteiger partial charge < -0.3 is 14.1 Å². The van der Waals surface area contributed by atoms with Gasteiger partial charge in [-0.25, -0.2) is 4.79 Å². The van der Waals surface area contributed by atoms with Gasteiger partial charge in [-0.15, -0.1) is 0 Å². The number of fused-ring (bicyclic) bond motifs is 1. The Morgan fingerprint density at radius 3 is 2.46 bits per heavy atom. The number of amides is 1. The maximum atomic E-state index is 12.7. The lowest BCUT2D eigenvalue weighted by molar-refractivity contribution is -0.163. The first kappa shape index (κ1) is 19.2. The number of ether oxygens (including phenoxy) is 1. The molecule has 1 amide bonds. The molecule has 1 saturated heterocycles. The van der Waals surface area contributed by atoms with Crippen LogP contribution in [0.3, 0.4) is 0 Å². The molecular formula is C18H31NO4Si. The van der Waals surface area contributed by atoms with Crippen molar-refractivity contribution < 1.29 is 18.8 Å². The molecule has 0 aromatic heterocycles. The van der Waals surface area contributed by atoms with Gasteiger partial charge in [-0.05, 0) is 44.0 Å². The van der Waals surface area contributed by atoms with Crippen LogP contribution in [0.25, 0.3) is 0 Å². The second-order valence-electron chi connectivity index (χ2n) is 8.44. The van der Waals surface area contributed by atoms with Crippen molar-refractivity contribution in [3.8, 4) is 0 Å². The third kappa shape index (κ3) is 3.06. The number of rotatable bonds is 5. The summed E-state index contributed by atoms with van der Waals surface area (Å²) in [6, 6.07) is 0.0108. The summed E-state index contributed by atoms with van der Waals surface area (Å²) < 4.78 is 11.5. The van der Waals surface area contributed by atoms with E-state index in [0.29, 0.717) is 12.3 Å². The molecule has 0 saturated carbocycles. The standard InChI is InChI=1S/C18H31NO4Si/c1-9-22-17(21)13-10-11(2)15-14(16(20)19(13)15)12(3)23-24(7,8)18(4,5)6/h10-12,14-15H,9H2,1-8H3/t11-,12-,14-,15-/m1/s1. The molecular weight excluding hydrogens is 322 g/mol. The summed E-state index contributed by atoms with van der Waals surface area (Å²) in [4.78, 5) is 26.4. The van der Waals surface area contributed by atoms with Gasteiger partial charge >= 0.3 is 5.97 Å². The van der Waals surface area contributed by atoms with Crippen molar-refractivity contribution in [2.45, 2.75) is 71.8 Å². The maximum absolute atomic E-state index is 12.7. The summed E-state index contributed by atoms with van der Waals surface area (Å²) in [6.07, 6.45) is 1.72. The van der Waals surface area contributed by atoms with Crippen LogP contribution in [0.5, 0.6) is 0 Å². The normalized spacial score (nSPS) is 28.2. The summed E-state index contributed by atoms with van der Waals surface area (Å²) in [5.74, 6) is -0.471. The van der Waals surface area contributed by atoms with Crippen molar-refractivity contribution in [3.05, 3.63) is 11.8 Å². The molecule has 0 radical (unpaired) electrons. The Morgan fingerprint density at radius 1 is 1.38 bits per heavy atom. The maximum Gasteiger partial charge on any atom is 0.354 e. The van der Waals surface area contributed by atoms with Crippen LogP contribution in [-0.2, 0) is 18.8 Å². The second kappa shape index (κ2) is 6.30. The summed E-state index contributed by atoms with van der Waals surface area (Å²) in [5, 5.41) is 0.101. The first-order chi connectivity index (χ1) is 10.9. The first-order valence-electron chi connectivity index (χ1n) is 8.82. The van der Waals surface area contributed by atoms with E-state index in [9.17, 15) is 9.59 Å². The van der Waals surface area contributed by atoms with Crippen LogP contribution >= 0.6 is 0 Å². The van der Waals surface area contributed by atoms with E-state index in [1.807, 2.05) is 19.9 Å². The summed E-state index contributed by atoms with van der Waals surface area (Å²) in [5.41, 5.74) is 0.398. The predicted molar refractivity (Wildman–Crippen MR) is 95.7 cm³/mol. The highest BCUT2D eigenvalue weighted by atomic mass is 28.4. The molecule has 2 aliphatic heterocycles. The molecule has 4 atom stereocenters. The third-order valence-corrected chi connectivity index (χ3v) is 10.3. The van der Waals surface area contributed by atoms with Crippen molar-refractivity contribution in [1.29, 1.82) is 0 Å². The Bertz CT molecular complexity index is 564. The monoisotopic (exact) mass is 353 g/mol. The number of hydrogen-bond donors (Lipinski definition) is 0. The van der Waals surface area contributed by atoms with E-state index in [1.165, 1.54) is 0 Å². The van der Waals surface area contributed by atoms with Crippen molar-refractivity contribution in [2.24, 2.45) is 11.8 Å². The summed E-state index contributed by atoms with van der Waals surface area (Å²) in [6.45, 7) is 17.1. The van der Waals surface area contributed by atoms with Gasteiger partial charge in [0.25, 0.3) is 0 Å². The first-order valence-corrected chi connectivity index (χ1v) is 11.7. The van der Waals surface area contributed by atoms with Crippen LogP contribution in [0.1, 0.15) is 41.5 Å². The highest BCUT2D eigenvalue weighted by Crippen LogP contribution is 2.46. The smallest absolute Gasteiger partial charge is 0.354 e. The minimum atomic E-state index is -1.94. The molecule has 0 N–H and O–H groups in total. The number of esters is 1. The molecule has 2 aliphatic rings. The van der Waals surface area contributed by atoms with E-state index in [4.69, 9.17) is 9.16 Å². The van der Waals surface area contributed by atoms with Crippen molar-refractivity contribution in [2.75, 3.05) is 6.61 Å². The summed E-state index contributed by atoms with van der Waals surface area (Å²) in [7, 11) is -1.94. The van der Waals surface area contributed by atoms with Crippen LogP contribution in [0.4, 0.5) is 0 Å². The van der Waals surface area contributed by atoms with E-state index in [2.05, 4.69) is 33.9 Å². The van der Waals surface area contributed by atoms with Gasteiger partial charge in [0.15, 0.2) is 8.32 Å². The molecule has 2 rings (SSSR count). The minimum Gasteiger partial charge on any atom is -0.461 e. The van der Waals surface area contributed by atoms with Gasteiger partial charge in [0.2, 0.25) is 5.91 Å². The second-order valence-corrected chi connectivity index (χ2v) is 13.2. The molecule has 5 nitrogen and oxygen atoms in total. The van der Waals surface area contributed by atoms with Crippen LogP contribution in [0, 0.1) is 11.8 Å². The number of carbonyl (C=O) groups is 2. The number of carbonyl (C=O) groups excluding carboxylic acids is 2. The average Bonchev–Trinajstić information content (AvgIpc) is 2.70. The molecule has 0 aromatic rings. The Kier molecular flexibility index (Phi) is 5.03. The van der Waals surface area contributed by atoms with Crippen molar-refractivity contribution in [1.82, 2.24) is 4.90 Å². The van der Waals surface area contributed by atoms with Crippen molar-refractivity contribution in [3.63, 3.8) is 0 Å². The minimum absolute atomic E-state index is 0.0108. The van der Waals surface area contributed by atoms with E-state index in [0.717, 1.165) is 0 Å². The van der Waals surface area contributed by atoms with E-state index in [1.54, 1.807) is 11.8 Å². The topological polar surface area (TPSA) is 55.8 Å². The van der Waals surface area contributed by atoms with Crippen LogP contribution in [0.15, 0.2) is 11.8 Å². The Morgan fingerprint density at radius 2 is 1.96 bits per heavy atom. The van der Waals surface area contributed by atoms with Gasteiger partial charge in [0.05, 0.1) is 24.7 Å². The van der Waals surface area contributed by atoms with E-state index in [-0.39, 0.29) is 34.9 Å².